The Hall–Kier alpha value is -4.58. The van der Waals surface area contributed by atoms with Crippen molar-refractivity contribution in [2.75, 3.05) is 27.8 Å². The van der Waals surface area contributed by atoms with Gasteiger partial charge in [0.15, 0.2) is 5.94 Å². The lowest BCUT2D eigenvalue weighted by Crippen LogP contribution is -2.53. The molecule has 3 rings (SSSR count). The minimum atomic E-state index is -0.930. The molecular formula is C40H53N3O7. The molecule has 5 atom stereocenters. The summed E-state index contributed by atoms with van der Waals surface area (Å²) in [7, 11) is 4.99. The van der Waals surface area contributed by atoms with Crippen LogP contribution in [0.5, 0.6) is 0 Å². The van der Waals surface area contributed by atoms with E-state index in [0.717, 1.165) is 28.7 Å². The van der Waals surface area contributed by atoms with E-state index >= 15 is 0 Å². The number of carboxylic acids is 1. The van der Waals surface area contributed by atoms with E-state index in [1.54, 1.807) is 26.1 Å². The van der Waals surface area contributed by atoms with Crippen LogP contribution >= 0.6 is 0 Å². The fraction of sp³-hybridized carbons (Fsp3) is 0.525. The number of carbonyl (C=O) groups is 1. The van der Waals surface area contributed by atoms with Crippen LogP contribution in [-0.2, 0) is 28.7 Å². The molecule has 0 spiro atoms. The topological polar surface area (TPSA) is 125 Å². The van der Waals surface area contributed by atoms with Crippen LogP contribution in [0.4, 0.5) is 0 Å². The van der Waals surface area contributed by atoms with Crippen molar-refractivity contribution in [3.05, 3.63) is 76.9 Å². The molecule has 0 saturated heterocycles. The summed E-state index contributed by atoms with van der Waals surface area (Å²) in [5, 5.41) is 12.7. The number of nitrogens with zero attached hydrogens (tertiary/aromatic N) is 2. The number of nitrogens with one attached hydrogen (secondary N) is 1. The summed E-state index contributed by atoms with van der Waals surface area (Å²) in [6.45, 7) is 11.9. The minimum absolute atomic E-state index is 0.0294. The van der Waals surface area contributed by atoms with Crippen molar-refractivity contribution in [3.8, 4) is 11.1 Å². The molecular weight excluding hydrogens is 634 g/mol. The van der Waals surface area contributed by atoms with E-state index in [0.29, 0.717) is 0 Å². The van der Waals surface area contributed by atoms with E-state index in [1.807, 2.05) is 76.6 Å². The molecule has 1 aliphatic rings. The van der Waals surface area contributed by atoms with Gasteiger partial charge in [0.25, 0.3) is 5.88 Å². The second-order valence-electron chi connectivity index (χ2n) is 13.8. The maximum absolute atomic E-state index is 12.8. The second-order valence-corrected chi connectivity index (χ2v) is 13.8. The molecule has 270 valence electrons. The molecule has 1 aliphatic carbocycles. The van der Waals surface area contributed by atoms with Gasteiger partial charge in [-0.3, -0.25) is 4.79 Å². The van der Waals surface area contributed by atoms with E-state index in [-0.39, 0.29) is 66.4 Å². The molecule has 2 N–H and O–H groups in total. The molecule has 0 aliphatic heterocycles. The highest BCUT2D eigenvalue weighted by Gasteiger charge is 2.37. The molecule has 0 heterocycles. The molecule has 0 saturated carbocycles. The first-order chi connectivity index (χ1) is 23.9. The van der Waals surface area contributed by atoms with Gasteiger partial charge in [-0.05, 0) is 46.4 Å². The van der Waals surface area contributed by atoms with Crippen molar-refractivity contribution >= 4 is 23.8 Å². The normalized spacial score (nSPS) is 14.9. The number of carbonyl (C=O) groups excluding carboxylic acids is 3. The van der Waals surface area contributed by atoms with Gasteiger partial charge in [-0.1, -0.05) is 96.5 Å². The summed E-state index contributed by atoms with van der Waals surface area (Å²) in [5.41, 5.74) is 4.91. The van der Waals surface area contributed by atoms with Gasteiger partial charge in [-0.2, -0.15) is 0 Å². The molecule has 10 nitrogen and oxygen atoms in total. The molecule has 0 unspecified atom stereocenters. The largest absolute Gasteiger partial charge is 0.481 e. The third-order valence-corrected chi connectivity index (χ3v) is 9.97. The van der Waals surface area contributed by atoms with E-state index in [2.05, 4.69) is 41.5 Å². The average Bonchev–Trinajstić information content (AvgIpc) is 3.42. The number of benzene rings is 2. The summed E-state index contributed by atoms with van der Waals surface area (Å²) >= 11 is 0. The first-order valence-corrected chi connectivity index (χ1v) is 17.4. The maximum Gasteiger partial charge on any atom is 0.303 e. The SMILES string of the molecule is CC[C@H](C)[C@@H]([C@@H](CCC(=O)O)OC)N(C)C(=C=O)[C@@H](NC(=C=O)[C@H](C(C)C)N(C)C(=C=O)OCC1c2ccccc2-c2ccccc21)C(C)C. The smallest absolute Gasteiger partial charge is 0.303 e. The number of hydrogen-bond acceptors (Lipinski definition) is 9. The zero-order valence-electron chi connectivity index (χ0n) is 30.9. The highest BCUT2D eigenvalue weighted by atomic mass is 16.5. The Bertz CT molecular complexity index is 1570. The fourth-order valence-electron chi connectivity index (χ4n) is 7.25. The summed E-state index contributed by atoms with van der Waals surface area (Å²) < 4.78 is 12.0. The van der Waals surface area contributed by atoms with Gasteiger partial charge in [0.2, 0.25) is 0 Å². The Morgan fingerprint density at radius 2 is 1.46 bits per heavy atom. The molecule has 0 radical (unpaired) electrons. The third-order valence-electron chi connectivity index (χ3n) is 9.97. The number of rotatable bonds is 20. The number of fused-ring (bicyclic) bond motifs is 3. The van der Waals surface area contributed by atoms with E-state index in [9.17, 15) is 24.3 Å². The van der Waals surface area contributed by atoms with Gasteiger partial charge in [0, 0.05) is 33.5 Å². The van der Waals surface area contributed by atoms with Gasteiger partial charge >= 0.3 is 5.97 Å². The number of aliphatic carboxylic acids is 1. The molecule has 0 fully saturated rings. The van der Waals surface area contributed by atoms with Crippen LogP contribution in [-0.4, -0.2) is 90.7 Å². The predicted molar refractivity (Wildman–Crippen MR) is 194 cm³/mol. The van der Waals surface area contributed by atoms with Crippen molar-refractivity contribution < 1.29 is 33.8 Å². The Balaban J connectivity index is 1.89. The fourth-order valence-corrected chi connectivity index (χ4v) is 7.25. The van der Waals surface area contributed by atoms with Crippen LogP contribution in [0.2, 0.25) is 0 Å². The quantitative estimate of drug-likeness (QED) is 0.132. The zero-order valence-corrected chi connectivity index (χ0v) is 30.9. The molecule has 10 heteroatoms. The summed E-state index contributed by atoms with van der Waals surface area (Å²) in [6.07, 6.45) is 0.455. The molecule has 0 aromatic heterocycles. The van der Waals surface area contributed by atoms with Crippen LogP contribution in [0.15, 0.2) is 65.8 Å². The Labute approximate surface area is 296 Å². The van der Waals surface area contributed by atoms with E-state index in [1.165, 1.54) is 0 Å². The molecule has 0 amide bonds. The Morgan fingerprint density at radius 3 is 1.90 bits per heavy atom. The lowest BCUT2D eigenvalue weighted by Gasteiger charge is -2.42. The van der Waals surface area contributed by atoms with Crippen molar-refractivity contribution in [2.45, 2.75) is 91.0 Å². The maximum atomic E-state index is 12.8. The predicted octanol–water partition coefficient (Wildman–Crippen LogP) is 5.72. The van der Waals surface area contributed by atoms with Crippen LogP contribution in [0.3, 0.4) is 0 Å². The van der Waals surface area contributed by atoms with Crippen LogP contribution in [0.25, 0.3) is 11.1 Å². The van der Waals surface area contributed by atoms with Gasteiger partial charge in [-0.15, -0.1) is 0 Å². The van der Waals surface area contributed by atoms with Crippen molar-refractivity contribution in [1.82, 2.24) is 15.1 Å². The first-order valence-electron chi connectivity index (χ1n) is 17.4. The number of ether oxygens (including phenoxy) is 2. The number of likely N-dealkylation sites (N-methyl/N-ethyl adjacent to an activating group) is 2. The highest BCUT2D eigenvalue weighted by molar-refractivity contribution is 5.78. The van der Waals surface area contributed by atoms with Gasteiger partial charge in [0.1, 0.15) is 29.9 Å². The number of hydrogen-bond donors (Lipinski definition) is 2. The Morgan fingerprint density at radius 1 is 0.880 bits per heavy atom. The summed E-state index contributed by atoms with van der Waals surface area (Å²) in [5.74, 6) is 4.71. The standard InChI is InChI=1S/C40H53N3O7/c1-10-27(6)40(35(49-9)19-20-37(47)48)42(7)34(22-45)38(25(2)3)41-33(21-44)39(26(4)5)43(8)36(23-46)50-24-32-30-17-13-11-15-28(30)29-16-12-14-18-31(29)32/h11-18,25-27,32,35,38-41H,10,19-20,24H2,1-9H3,(H,47,48)/t27-,35+,38-,39-,40-/m0/s1. The van der Waals surface area contributed by atoms with Gasteiger partial charge in [-0.25, -0.2) is 14.4 Å². The molecule has 2 aromatic rings. The van der Waals surface area contributed by atoms with E-state index in [4.69, 9.17) is 9.47 Å². The summed E-state index contributed by atoms with van der Waals surface area (Å²) in [6, 6.07) is 14.6. The third kappa shape index (κ3) is 8.95. The highest BCUT2D eigenvalue weighted by Crippen LogP contribution is 2.44. The van der Waals surface area contributed by atoms with Crippen LogP contribution in [0, 0.1) is 17.8 Å². The van der Waals surface area contributed by atoms with Crippen LogP contribution in [0.1, 0.15) is 77.8 Å². The molecule has 2 aromatic carbocycles. The minimum Gasteiger partial charge on any atom is -0.481 e. The zero-order chi connectivity index (χ0) is 37.1. The van der Waals surface area contributed by atoms with Crippen molar-refractivity contribution in [1.29, 1.82) is 0 Å². The van der Waals surface area contributed by atoms with Crippen molar-refractivity contribution in [3.63, 3.8) is 0 Å². The monoisotopic (exact) mass is 687 g/mol. The summed E-state index contributed by atoms with van der Waals surface area (Å²) in [4.78, 5) is 52.8. The van der Waals surface area contributed by atoms with Gasteiger partial charge in [0.05, 0.1) is 24.2 Å². The van der Waals surface area contributed by atoms with E-state index < -0.39 is 24.2 Å². The lowest BCUT2D eigenvalue weighted by molar-refractivity contribution is -0.138. The first kappa shape index (κ1) is 39.9. The average molecular weight is 688 g/mol. The van der Waals surface area contributed by atoms with Crippen LogP contribution < -0.4 is 5.32 Å². The molecule has 0 bridgehead atoms. The number of carboxylic acid groups (broad SMARTS) is 1. The Kier molecular flexibility index (Phi) is 14.7. The number of methoxy groups -OCH3 is 1. The van der Waals surface area contributed by atoms with Crippen molar-refractivity contribution in [2.24, 2.45) is 17.8 Å². The molecule has 50 heavy (non-hydrogen) atoms. The van der Waals surface area contributed by atoms with Gasteiger partial charge < -0.3 is 29.7 Å². The lowest BCUT2D eigenvalue weighted by atomic mass is 9.88. The second kappa shape index (κ2) is 18.4.